The molecular formula is C3H10Br2N2. The minimum absolute atomic E-state index is 0. The fraction of sp³-hybridized carbons (Fsp3) is 1.00. The third kappa shape index (κ3) is 6.88. The fourth-order valence-corrected chi connectivity index (χ4v) is 0. The van der Waals surface area contributed by atoms with Crippen molar-refractivity contribution in [1.29, 1.82) is 0 Å². The third-order valence-corrected chi connectivity index (χ3v) is 1.34. The molecule has 2 atom stereocenters. The van der Waals surface area contributed by atoms with Crippen LogP contribution >= 0.6 is 32.9 Å². The summed E-state index contributed by atoms with van der Waals surface area (Å²) < 4.78 is 0. The van der Waals surface area contributed by atoms with Gasteiger partial charge in [0, 0.05) is 6.04 Å². The quantitative estimate of drug-likeness (QED) is 0.515. The van der Waals surface area contributed by atoms with Crippen LogP contribution < -0.4 is 11.5 Å². The van der Waals surface area contributed by atoms with Crippen LogP contribution in [0, 0.1) is 0 Å². The fourth-order valence-electron chi connectivity index (χ4n) is 0. The highest BCUT2D eigenvalue weighted by Gasteiger charge is 1.98. The van der Waals surface area contributed by atoms with Gasteiger partial charge in [0.2, 0.25) is 0 Å². The van der Waals surface area contributed by atoms with Crippen LogP contribution in [-0.4, -0.2) is 11.0 Å². The molecule has 0 amide bonds. The van der Waals surface area contributed by atoms with E-state index in [4.69, 9.17) is 11.5 Å². The number of nitrogens with two attached hydrogens (primary N) is 2. The second-order valence-corrected chi connectivity index (χ2v) is 2.36. The Labute approximate surface area is 62.5 Å². The summed E-state index contributed by atoms with van der Waals surface area (Å²) in [4.78, 5) is -0.0579. The van der Waals surface area contributed by atoms with Gasteiger partial charge >= 0.3 is 0 Å². The van der Waals surface area contributed by atoms with Gasteiger partial charge in [-0.25, -0.2) is 0 Å². The van der Waals surface area contributed by atoms with E-state index in [9.17, 15) is 0 Å². The zero-order valence-corrected chi connectivity index (χ0v) is 7.39. The lowest BCUT2D eigenvalue weighted by Gasteiger charge is -2.04. The summed E-state index contributed by atoms with van der Waals surface area (Å²) in [5.74, 6) is 0. The first-order valence-electron chi connectivity index (χ1n) is 1.80. The van der Waals surface area contributed by atoms with Gasteiger partial charge in [-0.05, 0) is 6.92 Å². The van der Waals surface area contributed by atoms with Gasteiger partial charge in [0.25, 0.3) is 0 Å². The molecule has 0 aromatic heterocycles. The van der Waals surface area contributed by atoms with Crippen LogP contribution in [0.5, 0.6) is 0 Å². The van der Waals surface area contributed by atoms with Crippen LogP contribution in [0.2, 0.25) is 0 Å². The van der Waals surface area contributed by atoms with Crippen molar-refractivity contribution in [2.24, 2.45) is 11.5 Å². The van der Waals surface area contributed by atoms with Crippen LogP contribution in [0.15, 0.2) is 0 Å². The maximum absolute atomic E-state index is 5.26. The zero-order valence-electron chi connectivity index (χ0n) is 4.10. The lowest BCUT2D eigenvalue weighted by Crippen LogP contribution is -2.33. The van der Waals surface area contributed by atoms with Gasteiger partial charge in [-0.15, -0.1) is 17.0 Å². The Balaban J connectivity index is 0. The minimum atomic E-state index is -0.0579. The molecule has 0 radical (unpaired) electrons. The van der Waals surface area contributed by atoms with E-state index in [1.807, 2.05) is 6.92 Å². The average Bonchev–Trinajstić information content (AvgIpc) is 1.36. The molecule has 0 aliphatic rings. The van der Waals surface area contributed by atoms with Crippen molar-refractivity contribution in [2.75, 3.05) is 0 Å². The van der Waals surface area contributed by atoms with Crippen LogP contribution in [0.4, 0.5) is 0 Å². The highest BCUT2D eigenvalue weighted by atomic mass is 79.9. The number of alkyl halides is 1. The topological polar surface area (TPSA) is 52.0 Å². The predicted molar refractivity (Wildman–Crippen MR) is 40.9 cm³/mol. The lowest BCUT2D eigenvalue weighted by molar-refractivity contribution is 0.719. The van der Waals surface area contributed by atoms with Gasteiger partial charge in [-0.2, -0.15) is 0 Å². The molecule has 46 valence electrons. The van der Waals surface area contributed by atoms with Crippen molar-refractivity contribution in [1.82, 2.24) is 0 Å². The Hall–Kier alpha value is 0.880. The Morgan fingerprint density at radius 2 is 1.57 bits per heavy atom. The number of hydrogen-bond donors (Lipinski definition) is 2. The Kier molecular flexibility index (Phi) is 7.74. The van der Waals surface area contributed by atoms with Gasteiger partial charge in [0.15, 0.2) is 0 Å². The smallest absolute Gasteiger partial charge is 0.0756 e. The molecule has 0 aliphatic carbocycles. The molecule has 0 saturated carbocycles. The third-order valence-electron chi connectivity index (χ3n) is 0.502. The first-order chi connectivity index (χ1) is 2.64. The lowest BCUT2D eigenvalue weighted by atomic mass is 10.4. The minimum Gasteiger partial charge on any atom is -0.326 e. The molecule has 0 aliphatic heterocycles. The maximum atomic E-state index is 5.26. The van der Waals surface area contributed by atoms with Crippen LogP contribution in [0.3, 0.4) is 0 Å². The van der Waals surface area contributed by atoms with E-state index in [1.165, 1.54) is 0 Å². The first-order valence-corrected chi connectivity index (χ1v) is 2.71. The Morgan fingerprint density at radius 1 is 1.43 bits per heavy atom. The van der Waals surface area contributed by atoms with E-state index in [1.54, 1.807) is 0 Å². The molecule has 7 heavy (non-hydrogen) atoms. The summed E-state index contributed by atoms with van der Waals surface area (Å²) in [7, 11) is 0. The monoisotopic (exact) mass is 232 g/mol. The van der Waals surface area contributed by atoms with Crippen molar-refractivity contribution >= 4 is 32.9 Å². The van der Waals surface area contributed by atoms with E-state index >= 15 is 0 Å². The molecule has 0 spiro atoms. The molecule has 2 nitrogen and oxygen atoms in total. The molecule has 4 N–H and O–H groups in total. The van der Waals surface area contributed by atoms with Gasteiger partial charge in [0.1, 0.15) is 0 Å². The summed E-state index contributed by atoms with van der Waals surface area (Å²) in [6.07, 6.45) is 0. The molecule has 0 aromatic rings. The summed E-state index contributed by atoms with van der Waals surface area (Å²) in [5.41, 5.74) is 10.5. The summed E-state index contributed by atoms with van der Waals surface area (Å²) in [6, 6.07) is 0.0463. The summed E-state index contributed by atoms with van der Waals surface area (Å²) in [6.45, 7) is 1.85. The van der Waals surface area contributed by atoms with Gasteiger partial charge in [0.05, 0.1) is 4.95 Å². The van der Waals surface area contributed by atoms with E-state index in [-0.39, 0.29) is 28.0 Å². The second kappa shape index (κ2) is 5.03. The van der Waals surface area contributed by atoms with Crippen molar-refractivity contribution in [2.45, 2.75) is 17.9 Å². The van der Waals surface area contributed by atoms with Crippen molar-refractivity contribution in [3.05, 3.63) is 0 Å². The molecule has 0 aromatic carbocycles. The SMILES string of the molecule is Br.C[C@@H](N)C(N)Br. The predicted octanol–water partition coefficient (Wildman–Crippen LogP) is 0.591. The largest absolute Gasteiger partial charge is 0.326 e. The van der Waals surface area contributed by atoms with Crippen molar-refractivity contribution in [3.8, 4) is 0 Å². The number of rotatable bonds is 1. The molecule has 0 heterocycles. The molecule has 0 bridgehead atoms. The second-order valence-electron chi connectivity index (χ2n) is 1.30. The van der Waals surface area contributed by atoms with E-state index in [2.05, 4.69) is 15.9 Å². The molecule has 4 heteroatoms. The summed E-state index contributed by atoms with van der Waals surface area (Å²) in [5, 5.41) is 0. The van der Waals surface area contributed by atoms with Gasteiger partial charge < -0.3 is 11.5 Å². The molecule has 0 rings (SSSR count). The standard InChI is InChI=1S/C3H9BrN2.BrH/c1-2(5)3(4)6;/h2-3H,5-6H2,1H3;1H/t2-,3?;/m1./s1. The first kappa shape index (κ1) is 10.8. The Bertz CT molecular complexity index is 31.9. The molecule has 0 saturated heterocycles. The van der Waals surface area contributed by atoms with Gasteiger partial charge in [-0.1, -0.05) is 15.9 Å². The van der Waals surface area contributed by atoms with Crippen molar-refractivity contribution < 1.29 is 0 Å². The van der Waals surface area contributed by atoms with Crippen LogP contribution in [0.1, 0.15) is 6.92 Å². The molecule has 0 fully saturated rings. The van der Waals surface area contributed by atoms with E-state index in [0.717, 1.165) is 0 Å². The highest BCUT2D eigenvalue weighted by molar-refractivity contribution is 9.09. The average molecular weight is 234 g/mol. The van der Waals surface area contributed by atoms with Crippen LogP contribution in [0.25, 0.3) is 0 Å². The van der Waals surface area contributed by atoms with Crippen molar-refractivity contribution in [3.63, 3.8) is 0 Å². The van der Waals surface area contributed by atoms with E-state index < -0.39 is 0 Å². The zero-order chi connectivity index (χ0) is 5.15. The van der Waals surface area contributed by atoms with E-state index in [0.29, 0.717) is 0 Å². The number of hydrogen-bond acceptors (Lipinski definition) is 2. The normalized spacial score (nSPS) is 17.1. The summed E-state index contributed by atoms with van der Waals surface area (Å²) >= 11 is 3.09. The highest BCUT2D eigenvalue weighted by Crippen LogP contribution is 1.91. The molecule has 1 unspecified atom stereocenters. The van der Waals surface area contributed by atoms with Gasteiger partial charge in [-0.3, -0.25) is 0 Å². The Morgan fingerprint density at radius 3 is 1.57 bits per heavy atom. The number of halogens is 2. The van der Waals surface area contributed by atoms with Crippen LogP contribution in [-0.2, 0) is 0 Å². The molecular weight excluding hydrogens is 224 g/mol. The maximum Gasteiger partial charge on any atom is 0.0756 e.